The predicted molar refractivity (Wildman–Crippen MR) is 73.5 cm³/mol. The molecule has 0 saturated heterocycles. The molecule has 5 nitrogen and oxygen atoms in total. The average Bonchev–Trinajstić information content (AvgIpc) is 2.45. The number of nitrogens with zero attached hydrogens (tertiary/aromatic N) is 1. The lowest BCUT2D eigenvalue weighted by molar-refractivity contribution is -0.139. The molecule has 0 unspecified atom stereocenters. The number of carbonyl (C=O) groups excluding carboxylic acids is 1. The van der Waals surface area contributed by atoms with E-state index in [0.29, 0.717) is 5.56 Å². The van der Waals surface area contributed by atoms with Crippen molar-refractivity contribution in [2.45, 2.75) is 6.04 Å². The van der Waals surface area contributed by atoms with E-state index < -0.39 is 17.9 Å². The van der Waals surface area contributed by atoms with Crippen LogP contribution in [-0.2, 0) is 4.79 Å². The number of carboxylic acid groups (broad SMARTS) is 1. The molecular weight excluding hydrogens is 280 g/mol. The molecule has 0 aliphatic heterocycles. The molecule has 6 heteroatoms. The fraction of sp³-hybridized carbons (Fsp3) is 0.0714. The van der Waals surface area contributed by atoms with E-state index >= 15 is 0 Å². The Morgan fingerprint density at radius 2 is 1.90 bits per heavy atom. The molecule has 1 amide bonds. The monoisotopic (exact) mass is 290 g/mol. The first kappa shape index (κ1) is 14.0. The maximum absolute atomic E-state index is 12.0. The highest BCUT2D eigenvalue weighted by Crippen LogP contribution is 2.14. The van der Waals surface area contributed by atoms with Crippen molar-refractivity contribution in [3.8, 4) is 0 Å². The number of aliphatic carboxylic acids is 1. The third kappa shape index (κ3) is 3.33. The zero-order valence-corrected chi connectivity index (χ0v) is 11.0. The number of hydrogen-bond acceptors (Lipinski definition) is 3. The summed E-state index contributed by atoms with van der Waals surface area (Å²) in [7, 11) is 0. The maximum Gasteiger partial charge on any atom is 0.330 e. The SMILES string of the molecule is O=C(N[C@H](C(=O)O)c1ccccc1)c1ccnc(Cl)c1. The fourth-order valence-corrected chi connectivity index (χ4v) is 1.87. The lowest BCUT2D eigenvalue weighted by Crippen LogP contribution is -2.33. The van der Waals surface area contributed by atoms with Gasteiger partial charge in [-0.1, -0.05) is 41.9 Å². The Morgan fingerprint density at radius 1 is 1.20 bits per heavy atom. The van der Waals surface area contributed by atoms with E-state index in [0.717, 1.165) is 0 Å². The molecule has 0 saturated carbocycles. The van der Waals surface area contributed by atoms with Gasteiger partial charge in [-0.2, -0.15) is 0 Å². The highest BCUT2D eigenvalue weighted by atomic mass is 35.5. The molecular formula is C14H11ClN2O3. The van der Waals surface area contributed by atoms with E-state index in [-0.39, 0.29) is 10.7 Å². The lowest BCUT2D eigenvalue weighted by Gasteiger charge is -2.14. The first-order chi connectivity index (χ1) is 9.58. The van der Waals surface area contributed by atoms with Gasteiger partial charge in [0.1, 0.15) is 5.15 Å². The summed E-state index contributed by atoms with van der Waals surface area (Å²) < 4.78 is 0. The number of halogens is 1. The fourth-order valence-electron chi connectivity index (χ4n) is 1.69. The maximum atomic E-state index is 12.0. The second-order valence-corrected chi connectivity index (χ2v) is 4.41. The van der Waals surface area contributed by atoms with Gasteiger partial charge in [0.05, 0.1) is 0 Å². The van der Waals surface area contributed by atoms with Gasteiger partial charge in [0, 0.05) is 11.8 Å². The normalized spacial score (nSPS) is 11.7. The molecule has 1 heterocycles. The van der Waals surface area contributed by atoms with E-state index in [2.05, 4.69) is 10.3 Å². The summed E-state index contributed by atoms with van der Waals surface area (Å²) >= 11 is 5.70. The van der Waals surface area contributed by atoms with E-state index in [1.165, 1.54) is 18.3 Å². The van der Waals surface area contributed by atoms with Crippen molar-refractivity contribution in [2.75, 3.05) is 0 Å². The molecule has 0 aliphatic rings. The third-order valence-electron chi connectivity index (χ3n) is 2.64. The highest BCUT2D eigenvalue weighted by molar-refractivity contribution is 6.29. The van der Waals surface area contributed by atoms with Gasteiger partial charge in [-0.05, 0) is 17.7 Å². The van der Waals surface area contributed by atoms with E-state index in [9.17, 15) is 14.7 Å². The van der Waals surface area contributed by atoms with Crippen molar-refractivity contribution in [3.05, 3.63) is 64.9 Å². The number of nitrogens with one attached hydrogen (secondary N) is 1. The Labute approximate surface area is 120 Å². The van der Waals surface area contributed by atoms with Gasteiger partial charge in [-0.25, -0.2) is 9.78 Å². The molecule has 0 spiro atoms. The Kier molecular flexibility index (Phi) is 4.32. The van der Waals surface area contributed by atoms with E-state index in [4.69, 9.17) is 11.6 Å². The molecule has 20 heavy (non-hydrogen) atoms. The minimum absolute atomic E-state index is 0.171. The van der Waals surface area contributed by atoms with Gasteiger partial charge in [-0.15, -0.1) is 0 Å². The van der Waals surface area contributed by atoms with Gasteiger partial charge in [0.25, 0.3) is 5.91 Å². The Bertz CT molecular complexity index is 631. The summed E-state index contributed by atoms with van der Waals surface area (Å²) in [6.45, 7) is 0. The van der Waals surface area contributed by atoms with Crippen LogP contribution in [0.3, 0.4) is 0 Å². The standard InChI is InChI=1S/C14H11ClN2O3/c15-11-8-10(6-7-16-11)13(18)17-12(14(19)20)9-4-2-1-3-5-9/h1-8,12H,(H,17,18)(H,19,20)/t12-/m0/s1. The van der Waals surface area contributed by atoms with Gasteiger partial charge >= 0.3 is 5.97 Å². The second-order valence-electron chi connectivity index (χ2n) is 4.02. The van der Waals surface area contributed by atoms with Gasteiger partial charge < -0.3 is 10.4 Å². The van der Waals surface area contributed by atoms with Crippen LogP contribution < -0.4 is 5.32 Å². The van der Waals surface area contributed by atoms with Gasteiger partial charge in [0.15, 0.2) is 6.04 Å². The van der Waals surface area contributed by atoms with Crippen molar-refractivity contribution < 1.29 is 14.7 Å². The lowest BCUT2D eigenvalue weighted by atomic mass is 10.1. The van der Waals surface area contributed by atoms with Crippen LogP contribution in [0.2, 0.25) is 5.15 Å². The Hall–Kier alpha value is -2.40. The van der Waals surface area contributed by atoms with Gasteiger partial charge in [-0.3, -0.25) is 4.79 Å². The summed E-state index contributed by atoms with van der Waals surface area (Å²) in [5, 5.41) is 11.8. The average molecular weight is 291 g/mol. The third-order valence-corrected chi connectivity index (χ3v) is 2.85. The van der Waals surface area contributed by atoms with Crippen LogP contribution in [0.15, 0.2) is 48.7 Å². The van der Waals surface area contributed by atoms with Crippen LogP contribution >= 0.6 is 11.6 Å². The number of amides is 1. The Morgan fingerprint density at radius 3 is 2.50 bits per heavy atom. The number of carbonyl (C=O) groups is 2. The van der Waals surface area contributed by atoms with Crippen molar-refractivity contribution in [1.82, 2.24) is 10.3 Å². The van der Waals surface area contributed by atoms with Crippen molar-refractivity contribution in [1.29, 1.82) is 0 Å². The smallest absolute Gasteiger partial charge is 0.330 e. The van der Waals surface area contributed by atoms with E-state index in [1.807, 2.05) is 0 Å². The first-order valence-electron chi connectivity index (χ1n) is 5.78. The number of aromatic nitrogens is 1. The Balaban J connectivity index is 2.21. The van der Waals surface area contributed by atoms with E-state index in [1.54, 1.807) is 30.3 Å². The molecule has 0 aliphatic carbocycles. The topological polar surface area (TPSA) is 79.3 Å². The summed E-state index contributed by atoms with van der Waals surface area (Å²) in [4.78, 5) is 27.1. The molecule has 1 aromatic heterocycles. The second kappa shape index (κ2) is 6.16. The van der Waals surface area contributed by atoms with Crippen LogP contribution in [0.5, 0.6) is 0 Å². The molecule has 1 atom stereocenters. The predicted octanol–water partition coefficient (Wildman–Crippen LogP) is 2.29. The highest BCUT2D eigenvalue weighted by Gasteiger charge is 2.22. The quantitative estimate of drug-likeness (QED) is 0.847. The van der Waals surface area contributed by atoms with Crippen LogP contribution in [-0.4, -0.2) is 22.0 Å². The molecule has 1 aromatic carbocycles. The zero-order valence-electron chi connectivity index (χ0n) is 10.3. The largest absolute Gasteiger partial charge is 0.479 e. The number of benzene rings is 1. The molecule has 2 N–H and O–H groups in total. The number of rotatable bonds is 4. The van der Waals surface area contributed by atoms with Crippen LogP contribution in [0.1, 0.15) is 22.0 Å². The molecule has 0 radical (unpaired) electrons. The van der Waals surface area contributed by atoms with Crippen LogP contribution in [0.4, 0.5) is 0 Å². The molecule has 2 aromatic rings. The zero-order chi connectivity index (χ0) is 14.5. The van der Waals surface area contributed by atoms with Crippen LogP contribution in [0.25, 0.3) is 0 Å². The van der Waals surface area contributed by atoms with Crippen molar-refractivity contribution >= 4 is 23.5 Å². The summed E-state index contributed by atoms with van der Waals surface area (Å²) in [6, 6.07) is 10.2. The minimum Gasteiger partial charge on any atom is -0.479 e. The summed E-state index contributed by atoms with van der Waals surface area (Å²) in [5.41, 5.74) is 0.751. The number of pyridine rings is 1. The van der Waals surface area contributed by atoms with Crippen LogP contribution in [0, 0.1) is 0 Å². The molecule has 0 fully saturated rings. The molecule has 0 bridgehead atoms. The summed E-state index contributed by atoms with van der Waals surface area (Å²) in [6.07, 6.45) is 1.38. The first-order valence-corrected chi connectivity index (χ1v) is 6.16. The number of carboxylic acids is 1. The van der Waals surface area contributed by atoms with Crippen molar-refractivity contribution in [2.24, 2.45) is 0 Å². The minimum atomic E-state index is -1.13. The molecule has 2 rings (SSSR count). The number of hydrogen-bond donors (Lipinski definition) is 2. The van der Waals surface area contributed by atoms with Gasteiger partial charge in [0.2, 0.25) is 0 Å². The van der Waals surface area contributed by atoms with Crippen molar-refractivity contribution in [3.63, 3.8) is 0 Å². The molecule has 102 valence electrons. The summed E-state index contributed by atoms with van der Waals surface area (Å²) in [5.74, 6) is -1.66.